The molecule has 0 spiro atoms. The molecule has 0 aliphatic carbocycles. The predicted molar refractivity (Wildman–Crippen MR) is 73.7 cm³/mol. The highest BCUT2D eigenvalue weighted by Gasteiger charge is 2.09. The van der Waals surface area contributed by atoms with Crippen LogP contribution in [0.5, 0.6) is 0 Å². The quantitative estimate of drug-likeness (QED) is 0.787. The lowest BCUT2D eigenvalue weighted by Gasteiger charge is -2.22. The molecule has 0 heterocycles. The van der Waals surface area contributed by atoms with Gasteiger partial charge in [0.1, 0.15) is 0 Å². The van der Waals surface area contributed by atoms with Crippen molar-refractivity contribution in [3.05, 3.63) is 29.3 Å². The molecular formula is C13H21ClN2O. The first-order chi connectivity index (χ1) is 8.17. The zero-order chi connectivity index (χ0) is 12.7. The first-order valence-electron chi connectivity index (χ1n) is 6.06. The SMILES string of the molecule is CCN(CC)CC(O)CNc1ccccc1Cl. The molecule has 1 aromatic rings. The minimum Gasteiger partial charge on any atom is -0.390 e. The molecule has 3 nitrogen and oxygen atoms in total. The average Bonchev–Trinajstić information content (AvgIpc) is 2.35. The third-order valence-corrected chi connectivity index (χ3v) is 3.09. The van der Waals surface area contributed by atoms with Crippen LogP contribution in [0.1, 0.15) is 13.8 Å². The van der Waals surface area contributed by atoms with Crippen molar-refractivity contribution >= 4 is 17.3 Å². The van der Waals surface area contributed by atoms with Gasteiger partial charge in [-0.15, -0.1) is 0 Å². The lowest BCUT2D eigenvalue weighted by Crippen LogP contribution is -2.35. The van der Waals surface area contributed by atoms with E-state index < -0.39 is 0 Å². The Hall–Kier alpha value is -0.770. The molecular weight excluding hydrogens is 236 g/mol. The Labute approximate surface area is 108 Å². The number of hydrogen-bond donors (Lipinski definition) is 2. The van der Waals surface area contributed by atoms with E-state index in [4.69, 9.17) is 11.6 Å². The summed E-state index contributed by atoms with van der Waals surface area (Å²) in [6.07, 6.45) is -0.383. The fourth-order valence-electron chi connectivity index (χ4n) is 1.68. The average molecular weight is 257 g/mol. The monoisotopic (exact) mass is 256 g/mol. The summed E-state index contributed by atoms with van der Waals surface area (Å²) in [5, 5.41) is 13.7. The number of hydrogen-bond acceptors (Lipinski definition) is 3. The summed E-state index contributed by atoms with van der Waals surface area (Å²) >= 11 is 6.01. The van der Waals surface area contributed by atoms with Gasteiger partial charge in [-0.1, -0.05) is 37.6 Å². The van der Waals surface area contributed by atoms with Crippen molar-refractivity contribution in [2.75, 3.05) is 31.5 Å². The second kappa shape index (κ2) is 7.54. The first kappa shape index (κ1) is 14.3. The predicted octanol–water partition coefficient (Wildman–Crippen LogP) is 2.45. The van der Waals surface area contributed by atoms with Crippen molar-refractivity contribution in [1.82, 2.24) is 4.90 Å². The number of aliphatic hydroxyl groups excluding tert-OH is 1. The molecule has 96 valence electrons. The van der Waals surface area contributed by atoms with Crippen molar-refractivity contribution in [3.8, 4) is 0 Å². The second-order valence-corrected chi connectivity index (χ2v) is 4.41. The highest BCUT2D eigenvalue weighted by Crippen LogP contribution is 2.20. The Morgan fingerprint density at radius 3 is 2.53 bits per heavy atom. The molecule has 0 aromatic heterocycles. The van der Waals surface area contributed by atoms with Gasteiger partial charge in [-0.25, -0.2) is 0 Å². The first-order valence-corrected chi connectivity index (χ1v) is 6.44. The minimum absolute atomic E-state index is 0.383. The van der Waals surface area contributed by atoms with Gasteiger partial charge < -0.3 is 15.3 Å². The van der Waals surface area contributed by atoms with Gasteiger partial charge in [-0.3, -0.25) is 0 Å². The summed E-state index contributed by atoms with van der Waals surface area (Å²) in [4.78, 5) is 2.19. The Morgan fingerprint density at radius 1 is 1.29 bits per heavy atom. The standard InChI is InChI=1S/C13H21ClN2O/c1-3-16(4-2)10-11(17)9-15-13-8-6-5-7-12(13)14/h5-8,11,15,17H,3-4,9-10H2,1-2H3. The number of likely N-dealkylation sites (N-methyl/N-ethyl adjacent to an activating group) is 1. The van der Waals surface area contributed by atoms with E-state index in [9.17, 15) is 5.11 Å². The third kappa shape index (κ3) is 4.94. The van der Waals surface area contributed by atoms with Gasteiger partial charge in [-0.05, 0) is 25.2 Å². The topological polar surface area (TPSA) is 35.5 Å². The van der Waals surface area contributed by atoms with E-state index >= 15 is 0 Å². The summed E-state index contributed by atoms with van der Waals surface area (Å²) in [7, 11) is 0. The molecule has 0 bridgehead atoms. The van der Waals surface area contributed by atoms with Gasteiger partial charge >= 0.3 is 0 Å². The van der Waals surface area contributed by atoms with E-state index in [-0.39, 0.29) is 6.10 Å². The van der Waals surface area contributed by atoms with E-state index in [2.05, 4.69) is 24.1 Å². The molecule has 0 aliphatic heterocycles. The van der Waals surface area contributed by atoms with Crippen LogP contribution in [0, 0.1) is 0 Å². The van der Waals surface area contributed by atoms with Gasteiger partial charge in [0.2, 0.25) is 0 Å². The molecule has 0 aliphatic rings. The second-order valence-electron chi connectivity index (χ2n) is 4.00. The van der Waals surface area contributed by atoms with Crippen molar-refractivity contribution in [2.24, 2.45) is 0 Å². The van der Waals surface area contributed by atoms with Gasteiger partial charge in [0.05, 0.1) is 16.8 Å². The zero-order valence-electron chi connectivity index (χ0n) is 10.5. The molecule has 17 heavy (non-hydrogen) atoms. The van der Waals surface area contributed by atoms with Gasteiger partial charge in [0, 0.05) is 13.1 Å². The van der Waals surface area contributed by atoms with E-state index in [0.717, 1.165) is 18.8 Å². The number of benzene rings is 1. The highest BCUT2D eigenvalue weighted by atomic mass is 35.5. The maximum absolute atomic E-state index is 9.89. The number of aliphatic hydroxyl groups is 1. The maximum atomic E-state index is 9.89. The Bertz CT molecular complexity index is 329. The normalized spacial score (nSPS) is 12.8. The number of para-hydroxylation sites is 1. The number of anilines is 1. The van der Waals surface area contributed by atoms with Crippen LogP contribution in [0.25, 0.3) is 0 Å². The van der Waals surface area contributed by atoms with Crippen molar-refractivity contribution in [3.63, 3.8) is 0 Å². The van der Waals surface area contributed by atoms with Crippen LogP contribution in [-0.2, 0) is 0 Å². The third-order valence-electron chi connectivity index (χ3n) is 2.77. The molecule has 1 unspecified atom stereocenters. The lowest BCUT2D eigenvalue weighted by atomic mass is 10.2. The number of nitrogens with one attached hydrogen (secondary N) is 1. The van der Waals surface area contributed by atoms with E-state index in [1.54, 1.807) is 0 Å². The van der Waals surface area contributed by atoms with E-state index in [1.165, 1.54) is 0 Å². The summed E-state index contributed by atoms with van der Waals surface area (Å²) in [6.45, 7) is 7.30. The Balaban J connectivity index is 2.38. The van der Waals surface area contributed by atoms with E-state index in [1.807, 2.05) is 24.3 Å². The number of rotatable bonds is 7. The molecule has 2 N–H and O–H groups in total. The van der Waals surface area contributed by atoms with Crippen molar-refractivity contribution in [2.45, 2.75) is 20.0 Å². The molecule has 0 amide bonds. The van der Waals surface area contributed by atoms with Crippen molar-refractivity contribution in [1.29, 1.82) is 0 Å². The van der Waals surface area contributed by atoms with E-state index in [0.29, 0.717) is 18.1 Å². The van der Waals surface area contributed by atoms with Crippen LogP contribution >= 0.6 is 11.6 Å². The van der Waals surface area contributed by atoms with Gasteiger partial charge in [-0.2, -0.15) is 0 Å². The van der Waals surface area contributed by atoms with Crippen LogP contribution in [0.2, 0.25) is 5.02 Å². The molecule has 1 rings (SSSR count). The number of nitrogens with zero attached hydrogens (tertiary/aromatic N) is 1. The van der Waals surface area contributed by atoms with Gasteiger partial charge in [0.15, 0.2) is 0 Å². The zero-order valence-corrected chi connectivity index (χ0v) is 11.2. The van der Waals surface area contributed by atoms with Crippen LogP contribution in [0.15, 0.2) is 24.3 Å². The maximum Gasteiger partial charge on any atom is 0.0839 e. The van der Waals surface area contributed by atoms with Crippen molar-refractivity contribution < 1.29 is 5.11 Å². The summed E-state index contributed by atoms with van der Waals surface area (Å²) in [5.74, 6) is 0. The fraction of sp³-hybridized carbons (Fsp3) is 0.538. The van der Waals surface area contributed by atoms with Crippen LogP contribution in [0.3, 0.4) is 0 Å². The van der Waals surface area contributed by atoms with Gasteiger partial charge in [0.25, 0.3) is 0 Å². The molecule has 0 radical (unpaired) electrons. The molecule has 0 fully saturated rings. The minimum atomic E-state index is -0.383. The molecule has 0 saturated carbocycles. The highest BCUT2D eigenvalue weighted by molar-refractivity contribution is 6.33. The van der Waals surface area contributed by atoms with Crippen LogP contribution in [0.4, 0.5) is 5.69 Å². The summed E-state index contributed by atoms with van der Waals surface area (Å²) in [6, 6.07) is 7.55. The summed E-state index contributed by atoms with van der Waals surface area (Å²) < 4.78 is 0. The van der Waals surface area contributed by atoms with Crippen LogP contribution < -0.4 is 5.32 Å². The number of halogens is 1. The molecule has 4 heteroatoms. The smallest absolute Gasteiger partial charge is 0.0839 e. The lowest BCUT2D eigenvalue weighted by molar-refractivity contribution is 0.128. The van der Waals surface area contributed by atoms with Crippen LogP contribution in [-0.4, -0.2) is 42.3 Å². The Kier molecular flexibility index (Phi) is 6.34. The molecule has 1 aromatic carbocycles. The summed E-state index contributed by atoms with van der Waals surface area (Å²) in [5.41, 5.74) is 0.868. The largest absolute Gasteiger partial charge is 0.390 e. The molecule has 0 saturated heterocycles. The Morgan fingerprint density at radius 2 is 1.94 bits per heavy atom. The fourth-order valence-corrected chi connectivity index (χ4v) is 1.88. The molecule has 1 atom stereocenters.